The van der Waals surface area contributed by atoms with E-state index in [0.717, 1.165) is 0 Å². The van der Waals surface area contributed by atoms with E-state index in [0.29, 0.717) is 5.39 Å². The van der Waals surface area contributed by atoms with Gasteiger partial charge in [-0.05, 0) is 10.8 Å². The van der Waals surface area contributed by atoms with Crippen LogP contribution in [0.5, 0.6) is 0 Å². The predicted octanol–water partition coefficient (Wildman–Crippen LogP) is -0.436. The molecule has 0 unspecified atom stereocenters. The summed E-state index contributed by atoms with van der Waals surface area (Å²) in [6.45, 7) is 0. The molecule has 0 saturated carbocycles. The van der Waals surface area contributed by atoms with Crippen molar-refractivity contribution in [3.8, 4) is 0 Å². The number of aromatic carboxylic acids is 2. The minimum atomic E-state index is -1.40. The standard InChI is InChI=1S/C12H8O4.Zn/c13-11(14)8-5-1-3-7-4-2-6-9(10(7)8)12(15)16;/h1-6H,(H,13,14)(H,15,16);/q;+2/p-2. The van der Waals surface area contributed by atoms with E-state index >= 15 is 0 Å². The molecule has 0 saturated heterocycles. The van der Waals surface area contributed by atoms with E-state index in [1.54, 1.807) is 12.1 Å². The molecule has 4 nitrogen and oxygen atoms in total. The van der Waals surface area contributed by atoms with E-state index in [1.165, 1.54) is 24.3 Å². The fourth-order valence-corrected chi connectivity index (χ4v) is 1.68. The SMILES string of the molecule is O=C([O-])c1cccc2cccc(C(=O)[O-])c12.[Zn+2]. The van der Waals surface area contributed by atoms with Crippen molar-refractivity contribution in [2.45, 2.75) is 0 Å². The first-order chi connectivity index (χ1) is 7.61. The van der Waals surface area contributed by atoms with Crippen molar-refractivity contribution in [1.29, 1.82) is 0 Å². The van der Waals surface area contributed by atoms with Gasteiger partial charge in [0.15, 0.2) is 0 Å². The first kappa shape index (κ1) is 13.3. The Kier molecular flexibility index (Phi) is 3.97. The first-order valence-electron chi connectivity index (χ1n) is 4.55. The molecule has 0 amide bonds. The Hall–Kier alpha value is -1.74. The van der Waals surface area contributed by atoms with Gasteiger partial charge in [-0.15, -0.1) is 0 Å². The molecular formula is C12H6O4Zn. The molecule has 0 radical (unpaired) electrons. The second-order valence-electron chi connectivity index (χ2n) is 3.28. The monoisotopic (exact) mass is 278 g/mol. The van der Waals surface area contributed by atoms with Crippen LogP contribution < -0.4 is 10.2 Å². The quantitative estimate of drug-likeness (QED) is 0.698. The largest absolute Gasteiger partial charge is 2.00 e. The minimum Gasteiger partial charge on any atom is -0.545 e. The summed E-state index contributed by atoms with van der Waals surface area (Å²) in [6, 6.07) is 8.95. The molecule has 0 atom stereocenters. The predicted molar refractivity (Wildman–Crippen MR) is 52.6 cm³/mol. The van der Waals surface area contributed by atoms with Gasteiger partial charge < -0.3 is 19.8 Å². The van der Waals surface area contributed by atoms with E-state index in [1.807, 2.05) is 0 Å². The average Bonchev–Trinajstić information content (AvgIpc) is 2.27. The van der Waals surface area contributed by atoms with Gasteiger partial charge in [-0.3, -0.25) is 0 Å². The molecule has 2 aromatic rings. The van der Waals surface area contributed by atoms with Crippen molar-refractivity contribution in [3.05, 3.63) is 47.5 Å². The minimum absolute atomic E-state index is 0. The Labute approximate surface area is 110 Å². The van der Waals surface area contributed by atoms with E-state index in [-0.39, 0.29) is 36.0 Å². The van der Waals surface area contributed by atoms with E-state index in [9.17, 15) is 19.8 Å². The Morgan fingerprint density at radius 3 is 1.59 bits per heavy atom. The summed E-state index contributed by atoms with van der Waals surface area (Å²) < 4.78 is 0. The van der Waals surface area contributed by atoms with Gasteiger partial charge in [-0.25, -0.2) is 0 Å². The molecule has 5 heteroatoms. The van der Waals surface area contributed by atoms with Gasteiger partial charge in [0, 0.05) is 11.1 Å². The van der Waals surface area contributed by atoms with Gasteiger partial charge in [0.1, 0.15) is 0 Å². The summed E-state index contributed by atoms with van der Waals surface area (Å²) in [4.78, 5) is 21.7. The molecule has 0 N–H and O–H groups in total. The van der Waals surface area contributed by atoms with Gasteiger partial charge in [-0.2, -0.15) is 0 Å². The third kappa shape index (κ3) is 2.34. The zero-order valence-corrected chi connectivity index (χ0v) is 11.8. The van der Waals surface area contributed by atoms with Crippen LogP contribution in [-0.4, -0.2) is 11.9 Å². The van der Waals surface area contributed by atoms with Gasteiger partial charge in [0.25, 0.3) is 0 Å². The van der Waals surface area contributed by atoms with Crippen molar-refractivity contribution >= 4 is 22.7 Å². The van der Waals surface area contributed by atoms with Crippen molar-refractivity contribution < 1.29 is 39.3 Å². The van der Waals surface area contributed by atoms with Crippen LogP contribution in [-0.2, 0) is 19.5 Å². The molecule has 80 valence electrons. The van der Waals surface area contributed by atoms with Gasteiger partial charge in [0.05, 0.1) is 11.9 Å². The second kappa shape index (κ2) is 5.06. The van der Waals surface area contributed by atoms with Crippen LogP contribution in [0.3, 0.4) is 0 Å². The summed E-state index contributed by atoms with van der Waals surface area (Å²) in [5.74, 6) is -2.81. The number of hydrogen-bond donors (Lipinski definition) is 0. The van der Waals surface area contributed by atoms with Gasteiger partial charge in [0.2, 0.25) is 0 Å². The molecule has 0 bridgehead atoms. The normalized spacial score (nSPS) is 9.65. The van der Waals surface area contributed by atoms with E-state index < -0.39 is 11.9 Å². The summed E-state index contributed by atoms with van der Waals surface area (Å²) in [5.41, 5.74) is -0.283. The Morgan fingerprint density at radius 2 is 1.24 bits per heavy atom. The van der Waals surface area contributed by atoms with E-state index in [4.69, 9.17) is 0 Å². The number of fused-ring (bicyclic) bond motifs is 1. The molecule has 17 heavy (non-hydrogen) atoms. The first-order valence-corrected chi connectivity index (χ1v) is 4.55. The van der Waals surface area contributed by atoms with Crippen molar-refractivity contribution in [2.24, 2.45) is 0 Å². The maximum absolute atomic E-state index is 10.9. The maximum Gasteiger partial charge on any atom is 2.00 e. The van der Waals surface area contributed by atoms with Gasteiger partial charge >= 0.3 is 19.5 Å². The number of rotatable bonds is 2. The van der Waals surface area contributed by atoms with Crippen LogP contribution in [0, 0.1) is 0 Å². The molecule has 0 heterocycles. The van der Waals surface area contributed by atoms with Crippen LogP contribution in [0.15, 0.2) is 36.4 Å². The number of carbonyl (C=O) groups excluding carboxylic acids is 2. The van der Waals surface area contributed by atoms with Crippen LogP contribution >= 0.6 is 0 Å². The third-order valence-electron chi connectivity index (χ3n) is 2.34. The molecule has 2 rings (SSSR count). The number of benzene rings is 2. The Bertz CT molecular complexity index is 543. The average molecular weight is 280 g/mol. The number of carbonyl (C=O) groups is 2. The fraction of sp³-hybridized carbons (Fsp3) is 0. The second-order valence-corrected chi connectivity index (χ2v) is 3.28. The summed E-state index contributed by atoms with van der Waals surface area (Å²) in [5, 5.41) is 22.4. The number of carboxylic acid groups (broad SMARTS) is 2. The van der Waals surface area contributed by atoms with Crippen molar-refractivity contribution in [3.63, 3.8) is 0 Å². The summed E-state index contributed by atoms with van der Waals surface area (Å²) in [7, 11) is 0. The molecule has 0 spiro atoms. The maximum atomic E-state index is 10.9. The Morgan fingerprint density at radius 1 is 0.824 bits per heavy atom. The molecule has 0 aliphatic carbocycles. The van der Waals surface area contributed by atoms with Crippen LogP contribution in [0.25, 0.3) is 10.8 Å². The molecule has 2 aromatic carbocycles. The van der Waals surface area contributed by atoms with Crippen LogP contribution in [0.2, 0.25) is 0 Å². The molecule has 0 aliphatic rings. The molecular weight excluding hydrogens is 274 g/mol. The Balaban J connectivity index is 0.00000144. The fourth-order valence-electron chi connectivity index (χ4n) is 1.68. The molecule has 0 fully saturated rings. The topological polar surface area (TPSA) is 80.3 Å². The van der Waals surface area contributed by atoms with Crippen molar-refractivity contribution in [2.75, 3.05) is 0 Å². The zero-order valence-electron chi connectivity index (χ0n) is 8.80. The van der Waals surface area contributed by atoms with Crippen LogP contribution in [0.1, 0.15) is 20.7 Å². The zero-order chi connectivity index (χ0) is 11.7. The smallest absolute Gasteiger partial charge is 0.545 e. The third-order valence-corrected chi connectivity index (χ3v) is 2.34. The molecule has 0 aliphatic heterocycles. The van der Waals surface area contributed by atoms with Gasteiger partial charge in [-0.1, -0.05) is 36.4 Å². The number of carboxylic acids is 2. The summed E-state index contributed by atoms with van der Waals surface area (Å²) >= 11 is 0. The molecule has 0 aromatic heterocycles. The number of hydrogen-bond acceptors (Lipinski definition) is 4. The summed E-state index contributed by atoms with van der Waals surface area (Å²) in [6.07, 6.45) is 0. The van der Waals surface area contributed by atoms with Crippen molar-refractivity contribution in [1.82, 2.24) is 0 Å². The van der Waals surface area contributed by atoms with E-state index in [2.05, 4.69) is 0 Å². The van der Waals surface area contributed by atoms with Crippen LogP contribution in [0.4, 0.5) is 0 Å².